The number of nitrogens with zero attached hydrogens (tertiary/aromatic N) is 3. The molecule has 2 aromatic carbocycles. The van der Waals surface area contributed by atoms with E-state index in [9.17, 15) is 9.59 Å². The number of aromatic nitrogens is 1. The van der Waals surface area contributed by atoms with Gasteiger partial charge >= 0.3 is 5.97 Å². The van der Waals surface area contributed by atoms with Crippen molar-refractivity contribution in [2.24, 2.45) is 0 Å². The van der Waals surface area contributed by atoms with Crippen LogP contribution in [0.5, 0.6) is 0 Å². The number of pyridine rings is 1. The molecule has 0 atom stereocenters. The molecule has 172 valence electrons. The highest BCUT2D eigenvalue weighted by atomic mass is 16.4. The van der Waals surface area contributed by atoms with Crippen LogP contribution in [0.1, 0.15) is 27.2 Å². The van der Waals surface area contributed by atoms with Gasteiger partial charge in [-0.25, -0.2) is 4.79 Å². The van der Waals surface area contributed by atoms with Gasteiger partial charge in [-0.3, -0.25) is 14.7 Å². The second kappa shape index (κ2) is 11.2. The Morgan fingerprint density at radius 3 is 2.24 bits per heavy atom. The Kier molecular flexibility index (Phi) is 7.63. The molecule has 6 heteroatoms. The Morgan fingerprint density at radius 1 is 0.853 bits per heavy atom. The highest BCUT2D eigenvalue weighted by molar-refractivity contribution is 6.07. The van der Waals surface area contributed by atoms with Crippen LogP contribution in [0.3, 0.4) is 0 Å². The number of allylic oxidation sites excluding steroid dienone is 1. The normalized spacial score (nSPS) is 14.6. The lowest BCUT2D eigenvalue weighted by molar-refractivity contribution is -0.131. The van der Waals surface area contributed by atoms with Crippen LogP contribution in [0, 0.1) is 0 Å². The van der Waals surface area contributed by atoms with Crippen molar-refractivity contribution in [1.82, 2.24) is 9.88 Å². The van der Waals surface area contributed by atoms with Crippen LogP contribution in [-0.4, -0.2) is 52.9 Å². The van der Waals surface area contributed by atoms with E-state index in [1.807, 2.05) is 30.3 Å². The van der Waals surface area contributed by atoms with Crippen molar-refractivity contribution in [3.05, 3.63) is 107 Å². The molecular weight excluding hydrogens is 426 g/mol. The zero-order valence-electron chi connectivity index (χ0n) is 18.9. The van der Waals surface area contributed by atoms with Crippen molar-refractivity contribution in [1.29, 1.82) is 0 Å². The summed E-state index contributed by atoms with van der Waals surface area (Å²) in [7, 11) is 0. The summed E-state index contributed by atoms with van der Waals surface area (Å²) in [5.74, 6) is -1.10. The van der Waals surface area contributed by atoms with Gasteiger partial charge in [0.1, 0.15) is 0 Å². The van der Waals surface area contributed by atoms with E-state index < -0.39 is 5.97 Å². The molecule has 0 radical (unpaired) electrons. The maximum Gasteiger partial charge on any atom is 0.328 e. The Hall–Kier alpha value is -4.03. The molecule has 2 heterocycles. The van der Waals surface area contributed by atoms with Gasteiger partial charge in [0.2, 0.25) is 0 Å². The van der Waals surface area contributed by atoms with E-state index in [0.29, 0.717) is 11.3 Å². The monoisotopic (exact) mass is 453 g/mol. The zero-order chi connectivity index (χ0) is 23.8. The lowest BCUT2D eigenvalue weighted by atomic mass is 10.1. The fourth-order valence-electron chi connectivity index (χ4n) is 3.88. The average Bonchev–Trinajstić information content (AvgIpc) is 2.88. The van der Waals surface area contributed by atoms with Crippen LogP contribution in [0.2, 0.25) is 0 Å². The van der Waals surface area contributed by atoms with E-state index in [1.165, 1.54) is 17.7 Å². The smallest absolute Gasteiger partial charge is 0.328 e. The van der Waals surface area contributed by atoms with E-state index in [0.717, 1.165) is 50.1 Å². The van der Waals surface area contributed by atoms with Gasteiger partial charge in [-0.2, -0.15) is 0 Å². The summed E-state index contributed by atoms with van der Waals surface area (Å²) >= 11 is 0. The minimum atomic E-state index is -1.02. The van der Waals surface area contributed by atoms with Crippen LogP contribution in [0.4, 0.5) is 5.69 Å². The first-order valence-electron chi connectivity index (χ1n) is 11.3. The van der Waals surface area contributed by atoms with E-state index in [2.05, 4.69) is 39.0 Å². The van der Waals surface area contributed by atoms with Crippen LogP contribution in [0.15, 0.2) is 85.1 Å². The maximum absolute atomic E-state index is 12.6. The number of hydrogen-bond donors (Lipinski definition) is 1. The van der Waals surface area contributed by atoms with Crippen LogP contribution in [0.25, 0.3) is 12.2 Å². The Morgan fingerprint density at radius 2 is 1.59 bits per heavy atom. The fraction of sp³-hybridized carbons (Fsp3) is 0.179. The number of anilines is 1. The van der Waals surface area contributed by atoms with Crippen molar-refractivity contribution >= 4 is 29.6 Å². The first kappa shape index (κ1) is 23.1. The molecule has 0 aliphatic carbocycles. The van der Waals surface area contributed by atoms with E-state index >= 15 is 0 Å². The van der Waals surface area contributed by atoms with Gasteiger partial charge in [0, 0.05) is 56.2 Å². The highest BCUT2D eigenvalue weighted by Gasteiger charge is 2.17. The minimum Gasteiger partial charge on any atom is -0.478 e. The van der Waals surface area contributed by atoms with Gasteiger partial charge in [-0.1, -0.05) is 36.4 Å². The number of carbonyl (C=O) groups is 2. The molecule has 1 aromatic heterocycles. The summed E-state index contributed by atoms with van der Waals surface area (Å²) in [5.41, 5.74) is 4.42. The molecule has 34 heavy (non-hydrogen) atoms. The second-order valence-corrected chi connectivity index (χ2v) is 8.18. The molecule has 0 saturated carbocycles. The molecule has 1 saturated heterocycles. The van der Waals surface area contributed by atoms with Crippen LogP contribution < -0.4 is 4.90 Å². The van der Waals surface area contributed by atoms with Gasteiger partial charge in [0.25, 0.3) is 0 Å². The summed E-state index contributed by atoms with van der Waals surface area (Å²) in [5, 5.41) is 8.67. The largest absolute Gasteiger partial charge is 0.478 e. The summed E-state index contributed by atoms with van der Waals surface area (Å²) < 4.78 is 0. The highest BCUT2D eigenvalue weighted by Crippen LogP contribution is 2.19. The Bertz CT molecular complexity index is 1160. The van der Waals surface area contributed by atoms with Gasteiger partial charge < -0.3 is 10.0 Å². The minimum absolute atomic E-state index is 0.0749. The van der Waals surface area contributed by atoms with Gasteiger partial charge in [0.05, 0.1) is 5.69 Å². The van der Waals surface area contributed by atoms with Crippen molar-refractivity contribution < 1.29 is 14.7 Å². The summed E-state index contributed by atoms with van der Waals surface area (Å²) in [6.07, 6.45) is 7.30. The third-order valence-corrected chi connectivity index (χ3v) is 5.77. The van der Waals surface area contributed by atoms with Crippen molar-refractivity contribution in [2.75, 3.05) is 31.1 Å². The molecule has 0 bridgehead atoms. The molecule has 0 amide bonds. The van der Waals surface area contributed by atoms with Crippen LogP contribution in [-0.2, 0) is 11.3 Å². The van der Waals surface area contributed by atoms with Crippen molar-refractivity contribution in [3.8, 4) is 0 Å². The average molecular weight is 454 g/mol. The number of carboxylic acids is 1. The molecule has 1 fully saturated rings. The summed E-state index contributed by atoms with van der Waals surface area (Å²) in [6, 6.07) is 21.8. The van der Waals surface area contributed by atoms with E-state index in [4.69, 9.17) is 5.11 Å². The van der Waals surface area contributed by atoms with Gasteiger partial charge in [-0.05, 0) is 59.7 Å². The first-order valence-corrected chi connectivity index (χ1v) is 11.3. The molecule has 6 nitrogen and oxygen atoms in total. The quantitative estimate of drug-likeness (QED) is 0.403. The predicted octanol–water partition coefficient (Wildman–Crippen LogP) is 4.40. The summed E-state index contributed by atoms with van der Waals surface area (Å²) in [6.45, 7) is 4.93. The second-order valence-electron chi connectivity index (χ2n) is 8.18. The Balaban J connectivity index is 1.29. The number of benzene rings is 2. The number of aliphatic carboxylic acids is 1. The molecule has 1 aliphatic rings. The molecule has 0 spiro atoms. The van der Waals surface area contributed by atoms with Gasteiger partial charge in [-0.15, -0.1) is 0 Å². The van der Waals surface area contributed by atoms with Crippen molar-refractivity contribution in [2.45, 2.75) is 6.54 Å². The fourth-order valence-corrected chi connectivity index (χ4v) is 3.88. The molecule has 0 unspecified atom stereocenters. The lowest BCUT2D eigenvalue weighted by Crippen LogP contribution is -2.45. The predicted molar refractivity (Wildman–Crippen MR) is 135 cm³/mol. The number of piperazine rings is 1. The summed E-state index contributed by atoms with van der Waals surface area (Å²) in [4.78, 5) is 32.1. The Labute approximate surface area is 199 Å². The number of hydrogen-bond acceptors (Lipinski definition) is 5. The number of rotatable bonds is 8. The molecule has 4 rings (SSSR count). The third kappa shape index (κ3) is 6.49. The first-order chi connectivity index (χ1) is 16.6. The van der Waals surface area contributed by atoms with E-state index in [1.54, 1.807) is 24.4 Å². The number of carboxylic acid groups (broad SMARTS) is 1. The standard InChI is InChI=1S/C28H27N3O3/c32-27(14-7-22-6-10-25(29-20-22)11-15-28(33)34)24-8-12-26(13-9-24)31-18-16-30(17-19-31)21-23-4-2-1-3-5-23/h1-15,20H,16-19,21H2,(H,33,34)/b14-7+,15-11+. The SMILES string of the molecule is O=C(O)/C=C/c1ccc(/C=C/C(=O)c2ccc(N3CCN(Cc4ccccc4)CC3)cc2)cn1. The zero-order valence-corrected chi connectivity index (χ0v) is 18.9. The van der Waals surface area contributed by atoms with Gasteiger partial charge in [0.15, 0.2) is 5.78 Å². The maximum atomic E-state index is 12.6. The number of ketones is 1. The molecule has 1 aliphatic heterocycles. The number of carbonyl (C=O) groups excluding carboxylic acids is 1. The third-order valence-electron chi connectivity index (χ3n) is 5.77. The van der Waals surface area contributed by atoms with Crippen LogP contribution >= 0.6 is 0 Å². The molecular formula is C28H27N3O3. The lowest BCUT2D eigenvalue weighted by Gasteiger charge is -2.36. The molecule has 3 aromatic rings. The topological polar surface area (TPSA) is 73.7 Å². The van der Waals surface area contributed by atoms with Crippen molar-refractivity contribution in [3.63, 3.8) is 0 Å². The molecule has 1 N–H and O–H groups in total. The van der Waals surface area contributed by atoms with E-state index in [-0.39, 0.29) is 5.78 Å².